The van der Waals surface area contributed by atoms with E-state index in [-0.39, 0.29) is 6.10 Å². The molecule has 0 spiro atoms. The quantitative estimate of drug-likeness (QED) is 0.802. The molecule has 90 valence electrons. The highest BCUT2D eigenvalue weighted by atomic mass is 16.5. The van der Waals surface area contributed by atoms with Crippen LogP contribution in [0.3, 0.4) is 0 Å². The largest absolute Gasteiger partial charge is 0.390 e. The molecule has 1 rings (SSSR count). The van der Waals surface area contributed by atoms with E-state index in [1.807, 2.05) is 12.1 Å². The van der Waals surface area contributed by atoms with Gasteiger partial charge in [-0.2, -0.15) is 0 Å². The van der Waals surface area contributed by atoms with E-state index in [0.29, 0.717) is 6.42 Å². The first-order valence-corrected chi connectivity index (χ1v) is 5.94. The Bertz CT molecular complexity index is 309. The van der Waals surface area contributed by atoms with E-state index in [2.05, 4.69) is 26.0 Å². The summed E-state index contributed by atoms with van der Waals surface area (Å²) in [6.45, 7) is 4.18. The molecule has 0 radical (unpaired) electrons. The first-order valence-electron chi connectivity index (χ1n) is 5.94. The van der Waals surface area contributed by atoms with Crippen LogP contribution in [-0.2, 0) is 11.2 Å². The summed E-state index contributed by atoms with van der Waals surface area (Å²) in [5.41, 5.74) is 2.43. The molecule has 0 saturated carbocycles. The zero-order chi connectivity index (χ0) is 12.0. The monoisotopic (exact) mass is 222 g/mol. The molecule has 1 aromatic carbocycles. The molecule has 0 amide bonds. The maximum Gasteiger partial charge on any atom is 0.0842 e. The van der Waals surface area contributed by atoms with Crippen molar-refractivity contribution < 1.29 is 9.84 Å². The van der Waals surface area contributed by atoms with Gasteiger partial charge in [0.1, 0.15) is 0 Å². The average Bonchev–Trinajstić information content (AvgIpc) is 2.29. The van der Waals surface area contributed by atoms with Crippen LogP contribution in [0.4, 0.5) is 0 Å². The number of aliphatic hydroxyl groups excluding tert-OH is 1. The topological polar surface area (TPSA) is 29.5 Å². The van der Waals surface area contributed by atoms with E-state index in [0.717, 1.165) is 12.8 Å². The Morgan fingerprint density at radius 3 is 2.56 bits per heavy atom. The number of hydrogen-bond donors (Lipinski definition) is 1. The van der Waals surface area contributed by atoms with Crippen molar-refractivity contribution in [3.63, 3.8) is 0 Å². The van der Waals surface area contributed by atoms with Gasteiger partial charge in [-0.3, -0.25) is 0 Å². The van der Waals surface area contributed by atoms with E-state index in [9.17, 15) is 5.11 Å². The fraction of sp³-hybridized carbons (Fsp3) is 0.571. The molecule has 0 heterocycles. The predicted molar refractivity (Wildman–Crippen MR) is 66.6 cm³/mol. The summed E-state index contributed by atoms with van der Waals surface area (Å²) < 4.78 is 5.31. The SMILES string of the molecule is CCCC(OC)C(O)Cc1ccccc1C. The second-order valence-electron chi connectivity index (χ2n) is 4.26. The Kier molecular flexibility index (Phi) is 5.50. The number of aryl methyl sites for hydroxylation is 1. The lowest BCUT2D eigenvalue weighted by atomic mass is 9.98. The van der Waals surface area contributed by atoms with Crippen molar-refractivity contribution in [3.8, 4) is 0 Å². The number of methoxy groups -OCH3 is 1. The van der Waals surface area contributed by atoms with Gasteiger partial charge >= 0.3 is 0 Å². The van der Waals surface area contributed by atoms with Gasteiger partial charge in [0.2, 0.25) is 0 Å². The van der Waals surface area contributed by atoms with Gasteiger partial charge in [-0.1, -0.05) is 37.6 Å². The van der Waals surface area contributed by atoms with Crippen molar-refractivity contribution in [2.45, 2.75) is 45.3 Å². The number of aliphatic hydroxyl groups is 1. The molecule has 2 heteroatoms. The van der Waals surface area contributed by atoms with Crippen LogP contribution in [0.5, 0.6) is 0 Å². The number of rotatable bonds is 6. The van der Waals surface area contributed by atoms with Gasteiger partial charge in [-0.25, -0.2) is 0 Å². The Labute approximate surface area is 98.3 Å². The standard InChI is InChI=1S/C14H22O2/c1-4-7-14(16-3)13(15)10-12-9-6-5-8-11(12)2/h5-6,8-9,13-15H,4,7,10H2,1-3H3. The minimum atomic E-state index is -0.411. The zero-order valence-corrected chi connectivity index (χ0v) is 10.4. The van der Waals surface area contributed by atoms with Crippen LogP contribution >= 0.6 is 0 Å². The van der Waals surface area contributed by atoms with Crippen LogP contribution in [0.1, 0.15) is 30.9 Å². The van der Waals surface area contributed by atoms with E-state index in [1.165, 1.54) is 11.1 Å². The second-order valence-corrected chi connectivity index (χ2v) is 4.26. The fourth-order valence-electron chi connectivity index (χ4n) is 1.95. The van der Waals surface area contributed by atoms with Crippen molar-refractivity contribution in [1.82, 2.24) is 0 Å². The van der Waals surface area contributed by atoms with Crippen LogP contribution in [0.25, 0.3) is 0 Å². The lowest BCUT2D eigenvalue weighted by Gasteiger charge is -2.21. The molecule has 2 unspecified atom stereocenters. The van der Waals surface area contributed by atoms with Gasteiger partial charge in [-0.15, -0.1) is 0 Å². The highest BCUT2D eigenvalue weighted by molar-refractivity contribution is 5.26. The summed E-state index contributed by atoms with van der Waals surface area (Å²) in [5.74, 6) is 0. The molecule has 0 aliphatic rings. The highest BCUT2D eigenvalue weighted by Crippen LogP contribution is 2.15. The molecule has 0 aliphatic heterocycles. The molecule has 0 aromatic heterocycles. The number of ether oxygens (including phenoxy) is 1. The van der Waals surface area contributed by atoms with Crippen LogP contribution in [0.2, 0.25) is 0 Å². The Morgan fingerprint density at radius 1 is 1.31 bits per heavy atom. The van der Waals surface area contributed by atoms with Crippen LogP contribution in [0, 0.1) is 6.92 Å². The van der Waals surface area contributed by atoms with Gasteiger partial charge in [0, 0.05) is 13.5 Å². The minimum Gasteiger partial charge on any atom is -0.390 e. The number of hydrogen-bond acceptors (Lipinski definition) is 2. The molecule has 1 N–H and O–H groups in total. The van der Waals surface area contributed by atoms with Crippen LogP contribution in [0.15, 0.2) is 24.3 Å². The lowest BCUT2D eigenvalue weighted by molar-refractivity contribution is -0.0159. The van der Waals surface area contributed by atoms with Crippen molar-refractivity contribution in [3.05, 3.63) is 35.4 Å². The first-order chi connectivity index (χ1) is 7.69. The highest BCUT2D eigenvalue weighted by Gasteiger charge is 2.18. The molecule has 1 aromatic rings. The Balaban J connectivity index is 2.62. The summed E-state index contributed by atoms with van der Waals surface area (Å²) in [6, 6.07) is 8.17. The van der Waals surface area contributed by atoms with Gasteiger partial charge in [0.25, 0.3) is 0 Å². The van der Waals surface area contributed by atoms with E-state index >= 15 is 0 Å². The summed E-state index contributed by atoms with van der Waals surface area (Å²) in [6.07, 6.45) is 2.15. The van der Waals surface area contributed by atoms with Gasteiger partial charge in [0.05, 0.1) is 12.2 Å². The average molecular weight is 222 g/mol. The van der Waals surface area contributed by atoms with Gasteiger partial charge < -0.3 is 9.84 Å². The van der Waals surface area contributed by atoms with E-state index < -0.39 is 6.10 Å². The Hall–Kier alpha value is -0.860. The third-order valence-corrected chi connectivity index (χ3v) is 3.00. The smallest absolute Gasteiger partial charge is 0.0842 e. The minimum absolute atomic E-state index is 0.0513. The summed E-state index contributed by atoms with van der Waals surface area (Å²) in [5, 5.41) is 10.1. The van der Waals surface area contributed by atoms with E-state index in [1.54, 1.807) is 7.11 Å². The summed E-state index contributed by atoms with van der Waals surface area (Å²) in [7, 11) is 1.67. The van der Waals surface area contributed by atoms with Crippen LogP contribution < -0.4 is 0 Å². The summed E-state index contributed by atoms with van der Waals surface area (Å²) >= 11 is 0. The molecule has 2 atom stereocenters. The molecule has 0 bridgehead atoms. The second kappa shape index (κ2) is 6.66. The molecule has 2 nitrogen and oxygen atoms in total. The van der Waals surface area contributed by atoms with Crippen molar-refractivity contribution in [2.24, 2.45) is 0 Å². The van der Waals surface area contributed by atoms with Crippen molar-refractivity contribution >= 4 is 0 Å². The molecule has 16 heavy (non-hydrogen) atoms. The third kappa shape index (κ3) is 3.62. The normalized spacial score (nSPS) is 14.8. The Morgan fingerprint density at radius 2 is 2.00 bits per heavy atom. The summed E-state index contributed by atoms with van der Waals surface area (Å²) in [4.78, 5) is 0. The van der Waals surface area contributed by atoms with Crippen LogP contribution in [-0.4, -0.2) is 24.4 Å². The van der Waals surface area contributed by atoms with Crippen molar-refractivity contribution in [2.75, 3.05) is 7.11 Å². The fourth-order valence-corrected chi connectivity index (χ4v) is 1.95. The lowest BCUT2D eigenvalue weighted by Crippen LogP contribution is -2.30. The number of benzene rings is 1. The van der Waals surface area contributed by atoms with Crippen molar-refractivity contribution in [1.29, 1.82) is 0 Å². The van der Waals surface area contributed by atoms with Gasteiger partial charge in [0.15, 0.2) is 0 Å². The zero-order valence-electron chi connectivity index (χ0n) is 10.4. The maximum atomic E-state index is 10.1. The molecule has 0 aliphatic carbocycles. The molecular weight excluding hydrogens is 200 g/mol. The van der Waals surface area contributed by atoms with E-state index in [4.69, 9.17) is 4.74 Å². The first kappa shape index (κ1) is 13.2. The maximum absolute atomic E-state index is 10.1. The molecule has 0 fully saturated rings. The third-order valence-electron chi connectivity index (χ3n) is 3.00. The molecule has 0 saturated heterocycles. The predicted octanol–water partition coefficient (Wildman–Crippen LogP) is 2.71. The van der Waals surface area contributed by atoms with Gasteiger partial charge in [-0.05, 0) is 24.5 Å². The molecular formula is C14H22O2.